The number of amides is 1. The van der Waals surface area contributed by atoms with Crippen molar-refractivity contribution in [1.82, 2.24) is 19.8 Å². The summed E-state index contributed by atoms with van der Waals surface area (Å²) in [4.78, 5) is 14.6. The summed E-state index contributed by atoms with van der Waals surface area (Å²) < 4.78 is 43.3. The molecule has 1 atom stereocenters. The van der Waals surface area contributed by atoms with Crippen LogP contribution >= 0.6 is 11.8 Å². The lowest BCUT2D eigenvalue weighted by molar-refractivity contribution is -0.130. The van der Waals surface area contributed by atoms with Crippen LogP contribution in [0.5, 0.6) is 5.75 Å². The monoisotopic (exact) mass is 455 g/mol. The second kappa shape index (κ2) is 8.42. The van der Waals surface area contributed by atoms with E-state index in [2.05, 4.69) is 10.2 Å². The van der Waals surface area contributed by atoms with E-state index < -0.39 is 9.84 Å². The quantitative estimate of drug-likeness (QED) is 0.462. The third-order valence-electron chi connectivity index (χ3n) is 5.07. The van der Waals surface area contributed by atoms with E-state index >= 15 is 0 Å². The predicted octanol–water partition coefficient (Wildman–Crippen LogP) is 0.980. The molecular weight excluding hydrogens is 433 g/mol. The molecule has 2 heterocycles. The van der Waals surface area contributed by atoms with E-state index in [1.165, 1.54) is 28.9 Å². The third-order valence-corrected chi connectivity index (χ3v) is 7.75. The number of hydrogen-bond acceptors (Lipinski definition) is 8. The highest BCUT2D eigenvalue weighted by molar-refractivity contribution is 7.99. The van der Waals surface area contributed by atoms with Gasteiger partial charge in [0.2, 0.25) is 11.1 Å². The average Bonchev–Trinajstić information content (AvgIpc) is 3.38. The third kappa shape index (κ3) is 4.86. The number of nitrogen functional groups attached to an aromatic ring is 1. The minimum atomic E-state index is -3.06. The highest BCUT2D eigenvalue weighted by Gasteiger charge is 2.42. The Labute approximate surface area is 177 Å². The molecule has 1 unspecified atom stereocenters. The minimum Gasteiger partial charge on any atom is -0.486 e. The molecule has 162 valence electrons. The van der Waals surface area contributed by atoms with Gasteiger partial charge >= 0.3 is 0 Å². The van der Waals surface area contributed by atoms with E-state index in [-0.39, 0.29) is 47.7 Å². The van der Waals surface area contributed by atoms with Gasteiger partial charge in [0, 0.05) is 12.1 Å². The van der Waals surface area contributed by atoms with Crippen LogP contribution < -0.4 is 10.6 Å². The number of nitrogens with zero attached hydrogens (tertiary/aromatic N) is 4. The van der Waals surface area contributed by atoms with Crippen LogP contribution in [0, 0.1) is 5.82 Å². The van der Waals surface area contributed by atoms with Crippen molar-refractivity contribution in [1.29, 1.82) is 0 Å². The first-order valence-corrected chi connectivity index (χ1v) is 12.4. The van der Waals surface area contributed by atoms with Gasteiger partial charge in [0.25, 0.3) is 0 Å². The fourth-order valence-electron chi connectivity index (χ4n) is 3.44. The molecule has 2 N–H and O–H groups in total. The molecule has 4 rings (SSSR count). The van der Waals surface area contributed by atoms with Gasteiger partial charge in [-0.25, -0.2) is 17.5 Å². The number of carbonyl (C=O) groups excluding carboxylic acids is 1. The van der Waals surface area contributed by atoms with E-state index in [1.54, 1.807) is 4.90 Å². The summed E-state index contributed by atoms with van der Waals surface area (Å²) in [5, 5.41) is 8.33. The second-order valence-electron chi connectivity index (χ2n) is 7.39. The van der Waals surface area contributed by atoms with Gasteiger partial charge in [-0.05, 0) is 43.5 Å². The Balaban J connectivity index is 1.34. The standard InChI is InChI=1S/C18H22FN5O4S2/c19-12-1-5-15(6-2-12)28-9-16-21-22-18(24(16)20)29-10-17(25)23(13-3-4-13)14-7-8-30(26,27)11-14/h1-2,5-6,13-14H,3-4,7-11,20H2. The first kappa shape index (κ1) is 20.9. The second-order valence-corrected chi connectivity index (χ2v) is 10.6. The Morgan fingerprint density at radius 1 is 1.23 bits per heavy atom. The van der Waals surface area contributed by atoms with Gasteiger partial charge < -0.3 is 15.5 Å². The van der Waals surface area contributed by atoms with Crippen LogP contribution in [-0.4, -0.2) is 63.4 Å². The minimum absolute atomic E-state index is 0.0395. The van der Waals surface area contributed by atoms with Crippen LogP contribution in [0.4, 0.5) is 4.39 Å². The highest BCUT2D eigenvalue weighted by atomic mass is 32.2. The van der Waals surface area contributed by atoms with Gasteiger partial charge in [0.15, 0.2) is 15.7 Å². The van der Waals surface area contributed by atoms with Crippen molar-refractivity contribution in [3.05, 3.63) is 35.9 Å². The molecule has 2 aromatic rings. The Kier molecular flexibility index (Phi) is 5.87. The van der Waals surface area contributed by atoms with Gasteiger partial charge in [0.1, 0.15) is 18.2 Å². The maximum absolute atomic E-state index is 12.9. The van der Waals surface area contributed by atoms with Crippen LogP contribution in [-0.2, 0) is 21.2 Å². The Bertz CT molecular complexity index is 1020. The molecule has 9 nitrogen and oxygen atoms in total. The fourth-order valence-corrected chi connectivity index (χ4v) is 5.89. The zero-order valence-electron chi connectivity index (χ0n) is 16.1. The lowest BCUT2D eigenvalue weighted by atomic mass is 10.2. The van der Waals surface area contributed by atoms with Crippen molar-refractivity contribution in [2.24, 2.45) is 0 Å². The molecule has 12 heteroatoms. The van der Waals surface area contributed by atoms with Crippen molar-refractivity contribution in [3.8, 4) is 5.75 Å². The van der Waals surface area contributed by atoms with Crippen molar-refractivity contribution in [2.75, 3.05) is 23.1 Å². The topological polar surface area (TPSA) is 120 Å². The lowest BCUT2D eigenvalue weighted by Gasteiger charge is -2.28. The first-order chi connectivity index (χ1) is 14.3. The van der Waals surface area contributed by atoms with Crippen molar-refractivity contribution >= 4 is 27.5 Å². The first-order valence-electron chi connectivity index (χ1n) is 9.54. The molecule has 1 saturated heterocycles. The molecule has 30 heavy (non-hydrogen) atoms. The summed E-state index contributed by atoms with van der Waals surface area (Å²) in [7, 11) is -3.06. The zero-order chi connectivity index (χ0) is 21.3. The number of thioether (sulfide) groups is 1. The summed E-state index contributed by atoms with van der Waals surface area (Å²) in [5.74, 6) is 6.64. The van der Waals surface area contributed by atoms with Crippen LogP contribution in [0.1, 0.15) is 25.1 Å². The number of ether oxygens (including phenoxy) is 1. The highest BCUT2D eigenvalue weighted by Crippen LogP contribution is 2.33. The summed E-state index contributed by atoms with van der Waals surface area (Å²) in [6.07, 6.45) is 2.31. The summed E-state index contributed by atoms with van der Waals surface area (Å²) in [5.41, 5.74) is 0. The average molecular weight is 456 g/mol. The van der Waals surface area contributed by atoms with E-state index in [1.807, 2.05) is 0 Å². The molecule has 0 radical (unpaired) electrons. The number of nitrogens with two attached hydrogens (primary N) is 1. The molecule has 1 saturated carbocycles. The molecule has 1 aromatic heterocycles. The molecule has 2 aliphatic rings. The molecule has 1 aromatic carbocycles. The summed E-state index contributed by atoms with van der Waals surface area (Å²) in [6.45, 7) is 0.0395. The molecule has 1 amide bonds. The number of sulfone groups is 1. The maximum atomic E-state index is 12.9. The Morgan fingerprint density at radius 3 is 2.60 bits per heavy atom. The van der Waals surface area contributed by atoms with Crippen LogP contribution in [0.25, 0.3) is 0 Å². The number of hydrogen-bond donors (Lipinski definition) is 1. The van der Waals surface area contributed by atoms with E-state index in [4.69, 9.17) is 10.6 Å². The largest absolute Gasteiger partial charge is 0.486 e. The number of benzene rings is 1. The predicted molar refractivity (Wildman–Crippen MR) is 109 cm³/mol. The van der Waals surface area contributed by atoms with Gasteiger partial charge in [-0.1, -0.05) is 11.8 Å². The lowest BCUT2D eigenvalue weighted by Crippen LogP contribution is -2.43. The van der Waals surface area contributed by atoms with Crippen LogP contribution in [0.15, 0.2) is 29.4 Å². The van der Waals surface area contributed by atoms with Crippen LogP contribution in [0.2, 0.25) is 0 Å². The summed E-state index contributed by atoms with van der Waals surface area (Å²) >= 11 is 1.15. The molecule has 0 spiro atoms. The smallest absolute Gasteiger partial charge is 0.233 e. The van der Waals surface area contributed by atoms with E-state index in [0.29, 0.717) is 23.2 Å². The number of aromatic nitrogens is 3. The number of rotatable bonds is 8. The van der Waals surface area contributed by atoms with Crippen molar-refractivity contribution in [3.63, 3.8) is 0 Å². The van der Waals surface area contributed by atoms with Gasteiger partial charge in [0.05, 0.1) is 17.3 Å². The van der Waals surface area contributed by atoms with Crippen molar-refractivity contribution in [2.45, 2.75) is 43.1 Å². The van der Waals surface area contributed by atoms with Gasteiger partial charge in [-0.15, -0.1) is 10.2 Å². The molecule has 0 bridgehead atoms. The zero-order valence-corrected chi connectivity index (χ0v) is 17.7. The SMILES string of the molecule is Nn1c(COc2ccc(F)cc2)nnc1SCC(=O)N(C1CC1)C1CCS(=O)(=O)C1. The molecule has 1 aliphatic heterocycles. The fraction of sp³-hybridized carbons (Fsp3) is 0.500. The molecule has 2 fully saturated rings. The Morgan fingerprint density at radius 2 is 1.97 bits per heavy atom. The normalized spacial score (nSPS) is 20.2. The summed E-state index contributed by atoms with van der Waals surface area (Å²) in [6, 6.07) is 5.46. The maximum Gasteiger partial charge on any atom is 0.233 e. The van der Waals surface area contributed by atoms with Gasteiger partial charge in [-0.2, -0.15) is 0 Å². The van der Waals surface area contributed by atoms with E-state index in [9.17, 15) is 17.6 Å². The molecule has 1 aliphatic carbocycles. The Hall–Kier alpha value is -2.34. The van der Waals surface area contributed by atoms with Crippen molar-refractivity contribution < 1.29 is 22.3 Å². The molecular formula is C18H22FN5O4S2. The number of carbonyl (C=O) groups is 1. The number of halogens is 1. The van der Waals surface area contributed by atoms with Crippen LogP contribution in [0.3, 0.4) is 0 Å². The van der Waals surface area contributed by atoms with Gasteiger partial charge in [-0.3, -0.25) is 4.79 Å². The van der Waals surface area contributed by atoms with E-state index in [0.717, 1.165) is 24.6 Å².